The Bertz CT molecular complexity index is 1220. The van der Waals surface area contributed by atoms with Gasteiger partial charge in [-0.3, -0.25) is 9.78 Å². The van der Waals surface area contributed by atoms with E-state index >= 15 is 0 Å². The summed E-state index contributed by atoms with van der Waals surface area (Å²) in [6, 6.07) is 12.1. The number of rotatable bonds is 4. The number of aryl methyl sites for hydroxylation is 1. The molecule has 1 N–H and O–H groups in total. The van der Waals surface area contributed by atoms with Crippen molar-refractivity contribution >= 4 is 48.5 Å². The summed E-state index contributed by atoms with van der Waals surface area (Å²) in [6.45, 7) is 3.05. The van der Waals surface area contributed by atoms with Gasteiger partial charge in [-0.15, -0.1) is 0 Å². The number of carbonyl (C=O) groups excluding carboxylic acids is 1. The van der Waals surface area contributed by atoms with Crippen LogP contribution >= 0.6 is 15.9 Å². The van der Waals surface area contributed by atoms with E-state index in [0.717, 1.165) is 9.86 Å². The van der Waals surface area contributed by atoms with E-state index in [0.29, 0.717) is 43.1 Å². The maximum absolute atomic E-state index is 13.1. The standard InChI is InChI=1S/C21H20BrN3O4S/c1-14-4-5-16(12-19(14)30(27,28)25-7-9-29-10-8-25)21(26)24-18-13-17(22)11-15-3-2-6-23-20(15)18/h2-6,11-13H,7-10H2,1H3,(H,24,26). The molecule has 4 rings (SSSR count). The van der Waals surface area contributed by atoms with E-state index < -0.39 is 15.9 Å². The summed E-state index contributed by atoms with van der Waals surface area (Å²) in [7, 11) is -3.71. The summed E-state index contributed by atoms with van der Waals surface area (Å²) in [6.07, 6.45) is 1.66. The molecule has 3 aromatic rings. The maximum atomic E-state index is 13.1. The number of amides is 1. The lowest BCUT2D eigenvalue weighted by molar-refractivity contribution is 0.0730. The third-order valence-corrected chi connectivity index (χ3v) is 7.45. The van der Waals surface area contributed by atoms with Gasteiger partial charge in [0.15, 0.2) is 0 Å². The molecule has 9 heteroatoms. The van der Waals surface area contributed by atoms with Crippen molar-refractivity contribution in [1.29, 1.82) is 0 Å². The molecule has 2 aromatic carbocycles. The molecule has 0 saturated carbocycles. The number of halogens is 1. The zero-order valence-corrected chi connectivity index (χ0v) is 18.7. The van der Waals surface area contributed by atoms with Crippen LogP contribution in [0.1, 0.15) is 15.9 Å². The van der Waals surface area contributed by atoms with Crippen molar-refractivity contribution in [3.8, 4) is 0 Å². The number of carbonyl (C=O) groups is 1. The lowest BCUT2D eigenvalue weighted by Gasteiger charge is -2.26. The number of sulfonamides is 1. The van der Waals surface area contributed by atoms with Gasteiger partial charge in [0.05, 0.1) is 29.3 Å². The SMILES string of the molecule is Cc1ccc(C(=O)Nc2cc(Br)cc3cccnc23)cc1S(=O)(=O)N1CCOCC1. The second-order valence-corrected chi connectivity index (χ2v) is 9.80. The topological polar surface area (TPSA) is 88.6 Å². The van der Waals surface area contributed by atoms with Gasteiger partial charge < -0.3 is 10.1 Å². The van der Waals surface area contributed by atoms with E-state index in [1.54, 1.807) is 31.3 Å². The third-order valence-electron chi connectivity index (χ3n) is 4.96. The molecule has 0 spiro atoms. The molecular weight excluding hydrogens is 470 g/mol. The first kappa shape index (κ1) is 20.9. The molecule has 156 valence electrons. The minimum atomic E-state index is -3.71. The first-order valence-corrected chi connectivity index (χ1v) is 11.6. The highest BCUT2D eigenvalue weighted by Gasteiger charge is 2.28. The van der Waals surface area contributed by atoms with Crippen LogP contribution in [-0.2, 0) is 14.8 Å². The molecule has 1 aliphatic rings. The van der Waals surface area contributed by atoms with Crippen LogP contribution in [0, 0.1) is 6.92 Å². The smallest absolute Gasteiger partial charge is 0.255 e. The van der Waals surface area contributed by atoms with E-state index in [4.69, 9.17) is 4.74 Å². The second-order valence-electron chi connectivity index (χ2n) is 6.98. The van der Waals surface area contributed by atoms with E-state index in [9.17, 15) is 13.2 Å². The van der Waals surface area contributed by atoms with Gasteiger partial charge in [0.1, 0.15) is 0 Å². The van der Waals surface area contributed by atoms with Crippen molar-refractivity contribution in [3.05, 3.63) is 64.3 Å². The van der Waals surface area contributed by atoms with Gasteiger partial charge in [-0.1, -0.05) is 28.1 Å². The molecule has 1 aliphatic heterocycles. The normalized spacial score (nSPS) is 15.3. The Kier molecular flexibility index (Phi) is 5.88. The maximum Gasteiger partial charge on any atom is 0.255 e. The first-order valence-electron chi connectivity index (χ1n) is 9.40. The van der Waals surface area contributed by atoms with Crippen molar-refractivity contribution < 1.29 is 17.9 Å². The lowest BCUT2D eigenvalue weighted by atomic mass is 10.1. The van der Waals surface area contributed by atoms with Crippen molar-refractivity contribution in [1.82, 2.24) is 9.29 Å². The van der Waals surface area contributed by atoms with Gasteiger partial charge in [-0.05, 0) is 42.8 Å². The molecule has 7 nitrogen and oxygen atoms in total. The Balaban J connectivity index is 1.67. The number of anilines is 1. The quantitative estimate of drug-likeness (QED) is 0.604. The molecule has 0 unspecified atom stereocenters. The van der Waals surface area contributed by atoms with Crippen LogP contribution < -0.4 is 5.32 Å². The van der Waals surface area contributed by atoms with Crippen LogP contribution in [0.5, 0.6) is 0 Å². The second kappa shape index (κ2) is 8.43. The molecule has 1 amide bonds. The van der Waals surface area contributed by atoms with Crippen LogP contribution in [0.15, 0.2) is 58.0 Å². The van der Waals surface area contributed by atoms with Gasteiger partial charge >= 0.3 is 0 Å². The van der Waals surface area contributed by atoms with Crippen molar-refractivity contribution in [2.24, 2.45) is 0 Å². The predicted molar refractivity (Wildman–Crippen MR) is 118 cm³/mol. The van der Waals surface area contributed by atoms with Crippen molar-refractivity contribution in [3.63, 3.8) is 0 Å². The zero-order chi connectivity index (χ0) is 21.3. The summed E-state index contributed by atoms with van der Waals surface area (Å²) in [5, 5.41) is 3.74. The molecule has 1 fully saturated rings. The molecule has 2 heterocycles. The minimum Gasteiger partial charge on any atom is -0.379 e. The lowest BCUT2D eigenvalue weighted by Crippen LogP contribution is -2.40. The van der Waals surface area contributed by atoms with Crippen molar-refractivity contribution in [2.45, 2.75) is 11.8 Å². The van der Waals surface area contributed by atoms with Gasteiger partial charge in [-0.2, -0.15) is 4.31 Å². The fourth-order valence-corrected chi connectivity index (χ4v) is 5.53. The van der Waals surface area contributed by atoms with Crippen LogP contribution in [0.4, 0.5) is 5.69 Å². The summed E-state index contributed by atoms with van der Waals surface area (Å²) < 4.78 is 33.6. The first-order chi connectivity index (χ1) is 14.4. The molecule has 1 saturated heterocycles. The molecule has 0 aliphatic carbocycles. The fraction of sp³-hybridized carbons (Fsp3) is 0.238. The predicted octanol–water partition coefficient (Wildman–Crippen LogP) is 3.58. The molecular formula is C21H20BrN3O4S. The Labute approximate surface area is 183 Å². The fourth-order valence-electron chi connectivity index (χ4n) is 3.39. The number of ether oxygens (including phenoxy) is 1. The summed E-state index contributed by atoms with van der Waals surface area (Å²) in [5.41, 5.74) is 2.05. The number of fused-ring (bicyclic) bond motifs is 1. The van der Waals surface area contributed by atoms with Crippen LogP contribution in [-0.4, -0.2) is 49.9 Å². The van der Waals surface area contributed by atoms with E-state index in [-0.39, 0.29) is 10.5 Å². The van der Waals surface area contributed by atoms with Crippen LogP contribution in [0.25, 0.3) is 10.9 Å². The van der Waals surface area contributed by atoms with E-state index in [1.807, 2.05) is 18.2 Å². The monoisotopic (exact) mass is 489 g/mol. The molecule has 0 bridgehead atoms. The average molecular weight is 490 g/mol. The Morgan fingerprint density at radius 1 is 1.17 bits per heavy atom. The molecule has 30 heavy (non-hydrogen) atoms. The highest BCUT2D eigenvalue weighted by Crippen LogP contribution is 2.28. The number of benzene rings is 2. The molecule has 1 aromatic heterocycles. The van der Waals surface area contributed by atoms with Gasteiger partial charge in [0.25, 0.3) is 5.91 Å². The van der Waals surface area contributed by atoms with E-state index in [1.165, 1.54) is 10.4 Å². The average Bonchev–Trinajstić information content (AvgIpc) is 2.74. The van der Waals surface area contributed by atoms with Crippen molar-refractivity contribution in [2.75, 3.05) is 31.6 Å². The molecule has 0 radical (unpaired) electrons. The number of nitrogens with zero attached hydrogens (tertiary/aromatic N) is 2. The summed E-state index contributed by atoms with van der Waals surface area (Å²) in [4.78, 5) is 17.4. The highest BCUT2D eigenvalue weighted by atomic mass is 79.9. The highest BCUT2D eigenvalue weighted by molar-refractivity contribution is 9.10. The summed E-state index contributed by atoms with van der Waals surface area (Å²) >= 11 is 3.45. The number of aromatic nitrogens is 1. The molecule has 0 atom stereocenters. The van der Waals surface area contributed by atoms with Crippen LogP contribution in [0.3, 0.4) is 0 Å². The third kappa shape index (κ3) is 4.11. The van der Waals surface area contributed by atoms with Crippen LogP contribution in [0.2, 0.25) is 0 Å². The van der Waals surface area contributed by atoms with Gasteiger partial charge in [-0.25, -0.2) is 8.42 Å². The Morgan fingerprint density at radius 3 is 2.70 bits per heavy atom. The van der Waals surface area contributed by atoms with E-state index in [2.05, 4.69) is 26.2 Å². The van der Waals surface area contributed by atoms with Gasteiger partial charge in [0.2, 0.25) is 10.0 Å². The number of morpholine rings is 1. The number of hydrogen-bond donors (Lipinski definition) is 1. The zero-order valence-electron chi connectivity index (χ0n) is 16.3. The minimum absolute atomic E-state index is 0.134. The summed E-state index contributed by atoms with van der Waals surface area (Å²) in [5.74, 6) is -0.404. The van der Waals surface area contributed by atoms with Gasteiger partial charge in [0, 0.05) is 34.7 Å². The number of pyridine rings is 1. The largest absolute Gasteiger partial charge is 0.379 e. The Morgan fingerprint density at radius 2 is 1.93 bits per heavy atom. The number of hydrogen-bond acceptors (Lipinski definition) is 5. The Hall–Kier alpha value is -2.33. The number of nitrogens with one attached hydrogen (secondary N) is 1.